The number of hydrogen-bond acceptors (Lipinski definition) is 2. The van der Waals surface area contributed by atoms with E-state index in [0.29, 0.717) is 13.0 Å². The van der Waals surface area contributed by atoms with Gasteiger partial charge in [0.1, 0.15) is 0 Å². The summed E-state index contributed by atoms with van der Waals surface area (Å²) < 4.78 is 5.56. The van der Waals surface area contributed by atoms with Crippen molar-refractivity contribution in [1.82, 2.24) is 0 Å². The Hall–Kier alpha value is -0.530. The monoisotopic (exact) mass is 466 g/mol. The number of hydrogen-bond donors (Lipinski definition) is 0. The second kappa shape index (κ2) is 27.7. The predicted molar refractivity (Wildman–Crippen MR) is 147 cm³/mol. The quantitative estimate of drug-likeness (QED) is 0.0888. The molecule has 0 spiro atoms. The Morgan fingerprint density at radius 3 is 1.27 bits per heavy atom. The second-order valence-corrected chi connectivity index (χ2v) is 10.6. The van der Waals surface area contributed by atoms with E-state index in [1.54, 1.807) is 0 Å². The van der Waals surface area contributed by atoms with Crippen LogP contribution in [-0.2, 0) is 9.53 Å². The van der Waals surface area contributed by atoms with Crippen molar-refractivity contribution in [3.8, 4) is 0 Å². The lowest BCUT2D eigenvalue weighted by Gasteiger charge is -2.17. The number of carbonyl (C=O) groups excluding carboxylic acids is 1. The molecule has 0 radical (unpaired) electrons. The summed E-state index contributed by atoms with van der Waals surface area (Å²) in [6, 6.07) is 0. The molecule has 0 N–H and O–H groups in total. The SMILES string of the molecule is CCCCCCCCCCCCC(CCCCCCCCCC)CCOC(=O)CCCCC. The summed E-state index contributed by atoms with van der Waals surface area (Å²) in [6.45, 7) is 7.40. The Morgan fingerprint density at radius 1 is 0.485 bits per heavy atom. The van der Waals surface area contributed by atoms with E-state index >= 15 is 0 Å². The predicted octanol–water partition coefficient (Wildman–Crippen LogP) is 11.0. The topological polar surface area (TPSA) is 26.3 Å². The molecule has 2 nitrogen and oxygen atoms in total. The maximum Gasteiger partial charge on any atom is 0.305 e. The molecule has 2 heteroatoms. The normalized spacial score (nSPS) is 12.2. The highest BCUT2D eigenvalue weighted by Crippen LogP contribution is 2.22. The highest BCUT2D eigenvalue weighted by molar-refractivity contribution is 5.69. The second-order valence-electron chi connectivity index (χ2n) is 10.6. The van der Waals surface area contributed by atoms with E-state index in [2.05, 4.69) is 20.8 Å². The molecule has 0 bridgehead atoms. The molecule has 0 saturated heterocycles. The fourth-order valence-electron chi connectivity index (χ4n) is 4.85. The van der Waals surface area contributed by atoms with Gasteiger partial charge in [-0.25, -0.2) is 0 Å². The van der Waals surface area contributed by atoms with Crippen LogP contribution in [0.25, 0.3) is 0 Å². The average Bonchev–Trinajstić information content (AvgIpc) is 2.81. The number of rotatable bonds is 27. The summed E-state index contributed by atoms with van der Waals surface area (Å²) in [5.41, 5.74) is 0. The molecular weight excluding hydrogens is 404 g/mol. The smallest absolute Gasteiger partial charge is 0.305 e. The van der Waals surface area contributed by atoms with Crippen LogP contribution >= 0.6 is 0 Å². The van der Waals surface area contributed by atoms with E-state index in [-0.39, 0.29) is 5.97 Å². The van der Waals surface area contributed by atoms with Gasteiger partial charge in [-0.1, -0.05) is 162 Å². The van der Waals surface area contributed by atoms with Crippen molar-refractivity contribution in [2.24, 2.45) is 5.92 Å². The van der Waals surface area contributed by atoms with Crippen LogP contribution in [0.15, 0.2) is 0 Å². The first-order valence-corrected chi connectivity index (χ1v) is 15.4. The molecule has 0 fully saturated rings. The largest absolute Gasteiger partial charge is 0.466 e. The molecule has 33 heavy (non-hydrogen) atoms. The lowest BCUT2D eigenvalue weighted by atomic mass is 9.91. The summed E-state index contributed by atoms with van der Waals surface area (Å²) in [5, 5.41) is 0. The standard InChI is InChI=1S/C31H62O2/c1-4-7-10-12-14-16-17-19-21-24-26-30(25-23-20-18-15-13-11-8-5-2)28-29-33-31(32)27-22-9-6-3/h30H,4-29H2,1-3H3. The van der Waals surface area contributed by atoms with Gasteiger partial charge < -0.3 is 4.74 Å². The van der Waals surface area contributed by atoms with Crippen LogP contribution in [-0.4, -0.2) is 12.6 Å². The molecule has 0 aromatic carbocycles. The van der Waals surface area contributed by atoms with Gasteiger partial charge in [0.15, 0.2) is 0 Å². The number of esters is 1. The average molecular weight is 467 g/mol. The Bertz CT molecular complexity index is 379. The van der Waals surface area contributed by atoms with Gasteiger partial charge in [0.2, 0.25) is 0 Å². The van der Waals surface area contributed by atoms with Crippen molar-refractivity contribution >= 4 is 5.97 Å². The molecule has 0 rings (SSSR count). The number of carbonyl (C=O) groups is 1. The first kappa shape index (κ1) is 32.5. The summed E-state index contributed by atoms with van der Waals surface area (Å²) >= 11 is 0. The highest BCUT2D eigenvalue weighted by Gasteiger charge is 2.11. The summed E-state index contributed by atoms with van der Waals surface area (Å²) in [6.07, 6.45) is 32.8. The minimum Gasteiger partial charge on any atom is -0.466 e. The van der Waals surface area contributed by atoms with Gasteiger partial charge >= 0.3 is 5.97 Å². The lowest BCUT2D eigenvalue weighted by Crippen LogP contribution is -2.10. The van der Waals surface area contributed by atoms with Gasteiger partial charge in [0, 0.05) is 6.42 Å². The Labute approximate surface area is 209 Å². The van der Waals surface area contributed by atoms with Crippen LogP contribution < -0.4 is 0 Å². The van der Waals surface area contributed by atoms with Crippen molar-refractivity contribution < 1.29 is 9.53 Å². The fraction of sp³-hybridized carbons (Fsp3) is 0.968. The molecule has 0 aliphatic carbocycles. The van der Waals surface area contributed by atoms with Crippen LogP contribution in [0.2, 0.25) is 0 Å². The molecule has 0 saturated carbocycles. The van der Waals surface area contributed by atoms with E-state index in [4.69, 9.17) is 4.74 Å². The molecule has 0 aromatic heterocycles. The van der Waals surface area contributed by atoms with Crippen molar-refractivity contribution in [3.05, 3.63) is 0 Å². The Balaban J connectivity index is 3.95. The third-order valence-electron chi connectivity index (χ3n) is 7.21. The van der Waals surface area contributed by atoms with Crippen molar-refractivity contribution in [2.75, 3.05) is 6.61 Å². The van der Waals surface area contributed by atoms with E-state index in [9.17, 15) is 4.79 Å². The summed E-state index contributed by atoms with van der Waals surface area (Å²) in [4.78, 5) is 11.9. The van der Waals surface area contributed by atoms with Gasteiger partial charge in [-0.2, -0.15) is 0 Å². The number of ether oxygens (including phenoxy) is 1. The zero-order valence-electron chi connectivity index (χ0n) is 23.3. The van der Waals surface area contributed by atoms with Crippen LogP contribution in [0, 0.1) is 5.92 Å². The van der Waals surface area contributed by atoms with Crippen LogP contribution in [0.1, 0.15) is 181 Å². The first-order valence-electron chi connectivity index (χ1n) is 15.4. The highest BCUT2D eigenvalue weighted by atomic mass is 16.5. The molecule has 198 valence electrons. The molecule has 0 aliphatic rings. The van der Waals surface area contributed by atoms with Crippen LogP contribution in [0.3, 0.4) is 0 Å². The molecule has 0 aliphatic heterocycles. The molecule has 1 atom stereocenters. The van der Waals surface area contributed by atoms with Crippen LogP contribution in [0.5, 0.6) is 0 Å². The Morgan fingerprint density at radius 2 is 0.848 bits per heavy atom. The summed E-state index contributed by atoms with van der Waals surface area (Å²) in [7, 11) is 0. The van der Waals surface area contributed by atoms with Gasteiger partial charge in [0.05, 0.1) is 6.61 Å². The van der Waals surface area contributed by atoms with Crippen LogP contribution in [0.4, 0.5) is 0 Å². The molecular formula is C31H62O2. The molecule has 1 unspecified atom stereocenters. The van der Waals surface area contributed by atoms with Crippen molar-refractivity contribution in [2.45, 2.75) is 181 Å². The fourth-order valence-corrected chi connectivity index (χ4v) is 4.85. The van der Waals surface area contributed by atoms with E-state index in [1.807, 2.05) is 0 Å². The van der Waals surface area contributed by atoms with E-state index in [1.165, 1.54) is 128 Å². The lowest BCUT2D eigenvalue weighted by molar-refractivity contribution is -0.144. The molecule has 0 aromatic rings. The molecule has 0 amide bonds. The molecule has 0 heterocycles. The van der Waals surface area contributed by atoms with Gasteiger partial charge in [-0.05, 0) is 18.8 Å². The van der Waals surface area contributed by atoms with Gasteiger partial charge in [-0.15, -0.1) is 0 Å². The van der Waals surface area contributed by atoms with E-state index in [0.717, 1.165) is 31.6 Å². The number of unbranched alkanes of at least 4 members (excludes halogenated alkanes) is 18. The third kappa shape index (κ3) is 25.9. The van der Waals surface area contributed by atoms with Gasteiger partial charge in [0.25, 0.3) is 0 Å². The zero-order chi connectivity index (χ0) is 24.2. The first-order chi connectivity index (χ1) is 16.2. The minimum absolute atomic E-state index is 0.0215. The minimum atomic E-state index is 0.0215. The van der Waals surface area contributed by atoms with Crippen molar-refractivity contribution in [3.63, 3.8) is 0 Å². The zero-order valence-corrected chi connectivity index (χ0v) is 23.3. The Kier molecular flexibility index (Phi) is 27.3. The summed E-state index contributed by atoms with van der Waals surface area (Å²) in [5.74, 6) is 0.774. The maximum atomic E-state index is 11.9. The van der Waals surface area contributed by atoms with Crippen molar-refractivity contribution in [1.29, 1.82) is 0 Å². The third-order valence-corrected chi connectivity index (χ3v) is 7.21. The van der Waals surface area contributed by atoms with E-state index < -0.39 is 0 Å². The van der Waals surface area contributed by atoms with Gasteiger partial charge in [-0.3, -0.25) is 4.79 Å². The maximum absolute atomic E-state index is 11.9.